The Morgan fingerprint density at radius 3 is 2.41 bits per heavy atom. The molecule has 2 rings (SSSR count). The maximum atomic E-state index is 15.0. The molecule has 0 radical (unpaired) electrons. The predicted molar refractivity (Wildman–Crippen MR) is 102 cm³/mol. The molecule has 1 aliphatic heterocycles. The van der Waals surface area contributed by atoms with Crippen LogP contribution in [0.15, 0.2) is 17.1 Å². The Kier molecular flexibility index (Phi) is 8.45. The van der Waals surface area contributed by atoms with E-state index in [-0.39, 0.29) is 5.82 Å². The molecular formula is C11H18ClFN3O13P3. The summed E-state index contributed by atoms with van der Waals surface area (Å²) < 4.78 is 72.0. The highest BCUT2D eigenvalue weighted by Gasteiger charge is 2.58. The van der Waals surface area contributed by atoms with Crippen LogP contribution >= 0.6 is 35.1 Å². The highest BCUT2D eigenvalue weighted by Crippen LogP contribution is 2.66. The zero-order valence-corrected chi connectivity index (χ0v) is 19.3. The van der Waals surface area contributed by atoms with E-state index in [1.165, 1.54) is 6.07 Å². The van der Waals surface area contributed by atoms with Gasteiger partial charge in [0.05, 0.1) is 12.5 Å². The minimum atomic E-state index is -5.78. The first kappa shape index (κ1) is 27.5. The van der Waals surface area contributed by atoms with E-state index >= 15 is 4.39 Å². The molecule has 1 saturated heterocycles. The molecule has 0 aromatic carbocycles. The van der Waals surface area contributed by atoms with Crippen molar-refractivity contribution in [2.45, 2.75) is 24.1 Å². The van der Waals surface area contributed by atoms with Crippen molar-refractivity contribution in [2.75, 3.05) is 25.3 Å². The number of phosphoric ester groups is 1. The van der Waals surface area contributed by atoms with Gasteiger partial charge in [-0.05, 0) is 6.07 Å². The molecule has 6 N–H and O–H groups in total. The third-order valence-corrected chi connectivity index (χ3v) is 8.16. The smallest absolute Gasteiger partial charge is 0.383 e. The summed E-state index contributed by atoms with van der Waals surface area (Å²) in [6.45, 7) is -1.10. The molecule has 6 atom stereocenters. The molecule has 21 heteroatoms. The molecule has 6 unspecified atom stereocenters. The van der Waals surface area contributed by atoms with E-state index in [9.17, 15) is 28.3 Å². The predicted octanol–water partition coefficient (Wildman–Crippen LogP) is 0.0283. The van der Waals surface area contributed by atoms with Crippen molar-refractivity contribution in [2.24, 2.45) is 0 Å². The number of nitrogens with two attached hydrogens (primary N) is 1. The number of hydrogen-bond acceptors (Lipinski definition) is 11. The lowest BCUT2D eigenvalue weighted by molar-refractivity contribution is -0.119. The fraction of sp³-hybridized carbons (Fsp3) is 0.636. The molecular weight excluding hydrogens is 530 g/mol. The lowest BCUT2D eigenvalue weighted by Crippen LogP contribution is -2.48. The lowest BCUT2D eigenvalue weighted by atomic mass is 9.99. The minimum absolute atomic E-state index is 0.154. The fourth-order valence-electron chi connectivity index (χ4n) is 2.74. The molecule has 1 fully saturated rings. The second kappa shape index (κ2) is 9.84. The van der Waals surface area contributed by atoms with Crippen LogP contribution in [0, 0.1) is 0 Å². The molecule has 0 amide bonds. The topological polar surface area (TPSA) is 239 Å². The number of rotatable bonds is 10. The highest BCUT2D eigenvalue weighted by molar-refractivity contribution is 7.66. The number of methoxy groups -OCH3 is 1. The van der Waals surface area contributed by atoms with Crippen molar-refractivity contribution >= 4 is 40.9 Å². The average Bonchev–Trinajstić information content (AvgIpc) is 2.89. The summed E-state index contributed by atoms with van der Waals surface area (Å²) in [5.41, 5.74) is 2.33. The van der Waals surface area contributed by atoms with Crippen molar-refractivity contribution < 1.29 is 60.3 Å². The summed E-state index contributed by atoms with van der Waals surface area (Å²) in [6, 6.07) is 1.17. The van der Waals surface area contributed by atoms with Crippen molar-refractivity contribution in [1.82, 2.24) is 9.55 Å². The number of hydrogen-bond donors (Lipinski definition) is 5. The van der Waals surface area contributed by atoms with Gasteiger partial charge in [-0.3, -0.25) is 9.09 Å². The third-order valence-electron chi connectivity index (χ3n) is 3.93. The Balaban J connectivity index is 2.25. The van der Waals surface area contributed by atoms with Crippen LogP contribution in [-0.4, -0.2) is 66.6 Å². The Morgan fingerprint density at radius 2 is 1.91 bits per heavy atom. The quantitative estimate of drug-likeness (QED) is 0.192. The van der Waals surface area contributed by atoms with Gasteiger partial charge in [-0.15, -0.1) is 11.6 Å². The van der Waals surface area contributed by atoms with Gasteiger partial charge >= 0.3 is 29.2 Å². The molecule has 2 heterocycles. The van der Waals surface area contributed by atoms with E-state index in [2.05, 4.69) is 18.1 Å². The normalized spacial score (nSPS) is 30.0. The summed E-state index contributed by atoms with van der Waals surface area (Å²) in [4.78, 5) is 51.3. The average molecular weight is 548 g/mol. The van der Waals surface area contributed by atoms with Crippen LogP contribution in [0.3, 0.4) is 0 Å². The standard InChI is InChI=1S/C11H18ClFN3O13P3/c1-25-8-7(13)9(16-3-2-6(14)15-10(16)17)27-11(8,4-12)5-26-31(21,22)29-32(23,24)28-30(18,19)20/h2-3,7-9H,4-5H2,1H3,(H,21,22)(H,23,24)(H2,14,15,17)(H2,18,19,20). The van der Waals surface area contributed by atoms with E-state index < -0.39 is 65.7 Å². The van der Waals surface area contributed by atoms with Crippen molar-refractivity contribution in [3.63, 3.8) is 0 Å². The Bertz CT molecular complexity index is 1040. The summed E-state index contributed by atoms with van der Waals surface area (Å²) in [5, 5.41) is 0. The van der Waals surface area contributed by atoms with Gasteiger partial charge in [0.25, 0.3) is 0 Å². The van der Waals surface area contributed by atoms with Crippen molar-refractivity contribution in [3.05, 3.63) is 22.7 Å². The van der Waals surface area contributed by atoms with Crippen LogP contribution in [0.2, 0.25) is 0 Å². The van der Waals surface area contributed by atoms with E-state index in [1.54, 1.807) is 0 Å². The van der Waals surface area contributed by atoms with Gasteiger partial charge < -0.3 is 34.8 Å². The summed E-state index contributed by atoms with van der Waals surface area (Å²) in [7, 11) is -15.9. The van der Waals surface area contributed by atoms with Gasteiger partial charge in [0.15, 0.2) is 12.4 Å². The van der Waals surface area contributed by atoms with Gasteiger partial charge in [0, 0.05) is 13.3 Å². The Hall–Kier alpha value is -0.770. The summed E-state index contributed by atoms with van der Waals surface area (Å²) >= 11 is 5.85. The number of aromatic nitrogens is 2. The van der Waals surface area contributed by atoms with Crippen LogP contribution in [0.1, 0.15) is 6.23 Å². The zero-order chi connectivity index (χ0) is 24.5. The van der Waals surface area contributed by atoms with Gasteiger partial charge in [-0.1, -0.05) is 0 Å². The lowest BCUT2D eigenvalue weighted by Gasteiger charge is -2.31. The van der Waals surface area contributed by atoms with Gasteiger partial charge in [0.1, 0.15) is 17.5 Å². The van der Waals surface area contributed by atoms with E-state index in [1.807, 2.05) is 0 Å². The fourth-order valence-corrected chi connectivity index (χ4v) is 6.11. The van der Waals surface area contributed by atoms with Crippen LogP contribution in [0.25, 0.3) is 0 Å². The number of alkyl halides is 2. The Morgan fingerprint density at radius 1 is 1.28 bits per heavy atom. The monoisotopic (exact) mass is 547 g/mol. The zero-order valence-electron chi connectivity index (χ0n) is 15.8. The second-order valence-corrected chi connectivity index (χ2v) is 10.9. The minimum Gasteiger partial charge on any atom is -0.383 e. The number of nitrogen functional groups attached to an aromatic ring is 1. The van der Waals surface area contributed by atoms with Gasteiger partial charge in [0.2, 0.25) is 0 Å². The number of nitrogens with zero attached hydrogens (tertiary/aromatic N) is 2. The van der Waals surface area contributed by atoms with Gasteiger partial charge in [-0.25, -0.2) is 22.9 Å². The number of phosphoric acid groups is 3. The molecule has 0 aliphatic carbocycles. The molecule has 0 saturated carbocycles. The largest absolute Gasteiger partial charge is 0.490 e. The molecule has 1 aromatic rings. The number of halogens is 2. The SMILES string of the molecule is COC1C(F)C(n2ccc(N)nc2=O)OC1(CCl)COP(=O)(O)OP(=O)(O)OP(=O)(O)O. The van der Waals surface area contributed by atoms with E-state index in [0.29, 0.717) is 4.57 Å². The number of ether oxygens (including phenoxy) is 2. The highest BCUT2D eigenvalue weighted by atomic mass is 35.5. The first-order valence-corrected chi connectivity index (χ1v) is 13.1. The first-order valence-electron chi connectivity index (χ1n) is 8.08. The summed E-state index contributed by atoms with van der Waals surface area (Å²) in [5.74, 6) is -0.797. The molecule has 0 spiro atoms. The van der Waals surface area contributed by atoms with Gasteiger partial charge in [-0.2, -0.15) is 13.6 Å². The van der Waals surface area contributed by atoms with Crippen LogP contribution < -0.4 is 11.4 Å². The maximum absolute atomic E-state index is 15.0. The van der Waals surface area contributed by atoms with E-state index in [4.69, 9.17) is 36.6 Å². The van der Waals surface area contributed by atoms with E-state index in [0.717, 1.165) is 13.3 Å². The maximum Gasteiger partial charge on any atom is 0.490 e. The molecule has 1 aliphatic rings. The number of anilines is 1. The molecule has 16 nitrogen and oxygen atoms in total. The third kappa shape index (κ3) is 6.64. The van der Waals surface area contributed by atoms with Crippen molar-refractivity contribution in [1.29, 1.82) is 0 Å². The molecule has 184 valence electrons. The molecule has 0 bridgehead atoms. The molecule has 32 heavy (non-hydrogen) atoms. The summed E-state index contributed by atoms with van der Waals surface area (Å²) in [6.07, 6.45) is -4.31. The first-order chi connectivity index (χ1) is 14.5. The van der Waals surface area contributed by atoms with Crippen LogP contribution in [0.5, 0.6) is 0 Å². The van der Waals surface area contributed by atoms with Crippen LogP contribution in [0.4, 0.5) is 10.2 Å². The Labute approximate surface area is 183 Å². The second-order valence-electron chi connectivity index (χ2n) is 6.21. The molecule has 1 aromatic heterocycles. The van der Waals surface area contributed by atoms with Crippen molar-refractivity contribution in [3.8, 4) is 0 Å². The van der Waals surface area contributed by atoms with Crippen LogP contribution in [-0.2, 0) is 36.3 Å².